The smallest absolute Gasteiger partial charge is 0.340 e. The molecular formula is C17H20N2O4. The lowest BCUT2D eigenvalue weighted by atomic mass is 10.1. The van der Waals surface area contributed by atoms with Crippen molar-refractivity contribution in [3.8, 4) is 11.5 Å². The van der Waals surface area contributed by atoms with E-state index < -0.39 is 0 Å². The SMILES string of the molecule is C=CNCCCCOC(=O)c1c[nH]c2cc3c(cc12)OCCO3. The molecule has 1 aliphatic rings. The molecule has 0 spiro atoms. The highest BCUT2D eigenvalue weighted by molar-refractivity contribution is 6.05. The van der Waals surface area contributed by atoms with E-state index in [0.717, 1.165) is 30.3 Å². The fraction of sp³-hybridized carbons (Fsp3) is 0.353. The summed E-state index contributed by atoms with van der Waals surface area (Å²) < 4.78 is 16.4. The minimum Gasteiger partial charge on any atom is -0.486 e. The molecule has 0 aliphatic carbocycles. The molecule has 122 valence electrons. The fourth-order valence-corrected chi connectivity index (χ4v) is 2.50. The van der Waals surface area contributed by atoms with Crippen LogP contribution < -0.4 is 14.8 Å². The van der Waals surface area contributed by atoms with Gasteiger partial charge < -0.3 is 24.5 Å². The fourth-order valence-electron chi connectivity index (χ4n) is 2.50. The lowest BCUT2D eigenvalue weighted by Crippen LogP contribution is -2.15. The number of aromatic amines is 1. The Morgan fingerprint density at radius 1 is 1.30 bits per heavy atom. The van der Waals surface area contributed by atoms with Gasteiger partial charge in [-0.3, -0.25) is 0 Å². The predicted molar refractivity (Wildman–Crippen MR) is 87.0 cm³/mol. The summed E-state index contributed by atoms with van der Waals surface area (Å²) in [7, 11) is 0. The molecule has 1 aromatic carbocycles. The largest absolute Gasteiger partial charge is 0.486 e. The minimum absolute atomic E-state index is 0.329. The van der Waals surface area contributed by atoms with Gasteiger partial charge in [0.1, 0.15) is 13.2 Å². The third kappa shape index (κ3) is 3.41. The summed E-state index contributed by atoms with van der Waals surface area (Å²) in [6.07, 6.45) is 5.05. The van der Waals surface area contributed by atoms with Crippen molar-refractivity contribution in [2.75, 3.05) is 26.4 Å². The van der Waals surface area contributed by atoms with E-state index in [1.165, 1.54) is 0 Å². The van der Waals surface area contributed by atoms with Gasteiger partial charge in [0.2, 0.25) is 0 Å². The van der Waals surface area contributed by atoms with Gasteiger partial charge in [0.15, 0.2) is 11.5 Å². The molecule has 0 saturated heterocycles. The van der Waals surface area contributed by atoms with Crippen molar-refractivity contribution in [3.63, 3.8) is 0 Å². The normalized spacial score (nSPS) is 12.9. The number of ether oxygens (including phenoxy) is 3. The second kappa shape index (κ2) is 7.09. The van der Waals surface area contributed by atoms with Crippen LogP contribution in [0.2, 0.25) is 0 Å². The average molecular weight is 316 g/mol. The predicted octanol–water partition coefficient (Wildman–Crippen LogP) is 2.61. The number of hydrogen-bond acceptors (Lipinski definition) is 5. The third-order valence-corrected chi connectivity index (χ3v) is 3.66. The van der Waals surface area contributed by atoms with Crippen LogP contribution in [0.15, 0.2) is 31.1 Å². The van der Waals surface area contributed by atoms with Gasteiger partial charge in [-0.2, -0.15) is 0 Å². The molecule has 6 nitrogen and oxygen atoms in total. The Bertz CT molecular complexity index is 708. The minimum atomic E-state index is -0.329. The molecule has 0 saturated carbocycles. The molecule has 2 heterocycles. The van der Waals surface area contributed by atoms with Crippen molar-refractivity contribution in [2.24, 2.45) is 0 Å². The monoisotopic (exact) mass is 316 g/mol. The van der Waals surface area contributed by atoms with Crippen molar-refractivity contribution >= 4 is 16.9 Å². The zero-order valence-corrected chi connectivity index (χ0v) is 12.9. The van der Waals surface area contributed by atoms with Crippen molar-refractivity contribution in [2.45, 2.75) is 12.8 Å². The Balaban J connectivity index is 1.65. The van der Waals surface area contributed by atoms with Gasteiger partial charge >= 0.3 is 5.97 Å². The summed E-state index contributed by atoms with van der Waals surface area (Å²) in [5.74, 6) is 1.03. The van der Waals surface area contributed by atoms with Crippen LogP contribution in [0.4, 0.5) is 0 Å². The van der Waals surface area contributed by atoms with Crippen LogP contribution in [0.25, 0.3) is 10.9 Å². The van der Waals surface area contributed by atoms with Crippen LogP contribution in [0, 0.1) is 0 Å². The quantitative estimate of drug-likeness (QED) is 0.607. The van der Waals surface area contributed by atoms with Gasteiger partial charge in [-0.05, 0) is 25.1 Å². The number of fused-ring (bicyclic) bond motifs is 2. The second-order valence-electron chi connectivity index (χ2n) is 5.25. The molecule has 0 unspecified atom stereocenters. The van der Waals surface area contributed by atoms with Gasteiger partial charge in [0, 0.05) is 24.2 Å². The maximum absolute atomic E-state index is 12.2. The molecule has 0 amide bonds. The lowest BCUT2D eigenvalue weighted by molar-refractivity contribution is 0.0501. The number of rotatable bonds is 7. The van der Waals surface area contributed by atoms with E-state index in [9.17, 15) is 4.79 Å². The number of carbonyl (C=O) groups is 1. The topological polar surface area (TPSA) is 72.6 Å². The molecule has 6 heteroatoms. The number of aromatic nitrogens is 1. The maximum Gasteiger partial charge on any atom is 0.340 e. The molecule has 2 N–H and O–H groups in total. The molecular weight excluding hydrogens is 296 g/mol. The van der Waals surface area contributed by atoms with E-state index in [2.05, 4.69) is 16.9 Å². The Morgan fingerprint density at radius 3 is 2.87 bits per heavy atom. The first-order chi connectivity index (χ1) is 11.3. The van der Waals surface area contributed by atoms with E-state index in [1.54, 1.807) is 12.4 Å². The van der Waals surface area contributed by atoms with Gasteiger partial charge in [-0.15, -0.1) is 0 Å². The van der Waals surface area contributed by atoms with Crippen LogP contribution in [-0.4, -0.2) is 37.3 Å². The molecule has 2 aromatic rings. The van der Waals surface area contributed by atoms with Crippen LogP contribution in [0.5, 0.6) is 11.5 Å². The highest BCUT2D eigenvalue weighted by Crippen LogP contribution is 2.35. The lowest BCUT2D eigenvalue weighted by Gasteiger charge is -2.18. The standard InChI is InChI=1S/C17H20N2O4/c1-2-18-5-3-4-6-23-17(20)13-11-19-14-10-16-15(9-12(13)14)21-7-8-22-16/h2,9-11,18-19H,1,3-8H2. The number of hydrogen-bond donors (Lipinski definition) is 2. The first kappa shape index (κ1) is 15.3. The Kier molecular flexibility index (Phi) is 4.71. The maximum atomic E-state index is 12.2. The Hall–Kier alpha value is -2.63. The highest BCUT2D eigenvalue weighted by atomic mass is 16.6. The molecule has 1 aliphatic heterocycles. The van der Waals surface area contributed by atoms with Gasteiger partial charge in [-0.1, -0.05) is 6.58 Å². The van der Waals surface area contributed by atoms with E-state index in [-0.39, 0.29) is 5.97 Å². The third-order valence-electron chi connectivity index (χ3n) is 3.66. The number of unbranched alkanes of at least 4 members (excludes halogenated alkanes) is 1. The number of benzene rings is 1. The van der Waals surface area contributed by atoms with Crippen LogP contribution in [-0.2, 0) is 4.74 Å². The molecule has 0 fully saturated rings. The molecule has 3 rings (SSSR count). The first-order valence-electron chi connectivity index (χ1n) is 7.72. The zero-order valence-electron chi connectivity index (χ0n) is 12.9. The summed E-state index contributed by atoms with van der Waals surface area (Å²) >= 11 is 0. The number of carbonyl (C=O) groups excluding carboxylic acids is 1. The zero-order chi connectivity index (χ0) is 16.1. The summed E-state index contributed by atoms with van der Waals surface area (Å²) in [6, 6.07) is 3.67. The van der Waals surface area contributed by atoms with E-state index in [0.29, 0.717) is 36.9 Å². The number of H-pyrrole nitrogens is 1. The van der Waals surface area contributed by atoms with Crippen molar-refractivity contribution < 1.29 is 19.0 Å². The molecule has 23 heavy (non-hydrogen) atoms. The van der Waals surface area contributed by atoms with Crippen LogP contribution >= 0.6 is 0 Å². The molecule has 1 aromatic heterocycles. The van der Waals surface area contributed by atoms with Gasteiger partial charge in [0.25, 0.3) is 0 Å². The Morgan fingerprint density at radius 2 is 2.09 bits per heavy atom. The number of esters is 1. The summed E-state index contributed by atoms with van der Waals surface area (Å²) in [5, 5.41) is 3.79. The van der Waals surface area contributed by atoms with Crippen molar-refractivity contribution in [1.29, 1.82) is 0 Å². The summed E-state index contributed by atoms with van der Waals surface area (Å²) in [4.78, 5) is 15.3. The van der Waals surface area contributed by atoms with E-state index in [1.807, 2.05) is 12.1 Å². The van der Waals surface area contributed by atoms with Crippen LogP contribution in [0.1, 0.15) is 23.2 Å². The van der Waals surface area contributed by atoms with Crippen molar-refractivity contribution in [3.05, 3.63) is 36.7 Å². The van der Waals surface area contributed by atoms with E-state index >= 15 is 0 Å². The first-order valence-corrected chi connectivity index (χ1v) is 7.72. The highest BCUT2D eigenvalue weighted by Gasteiger charge is 2.18. The summed E-state index contributed by atoms with van der Waals surface area (Å²) in [5.41, 5.74) is 1.34. The van der Waals surface area contributed by atoms with Crippen LogP contribution in [0.3, 0.4) is 0 Å². The van der Waals surface area contributed by atoms with Gasteiger partial charge in [-0.25, -0.2) is 4.79 Å². The van der Waals surface area contributed by atoms with E-state index in [4.69, 9.17) is 14.2 Å². The molecule has 0 bridgehead atoms. The Labute approximate surface area is 134 Å². The average Bonchev–Trinajstić information content (AvgIpc) is 2.98. The molecule has 0 radical (unpaired) electrons. The van der Waals surface area contributed by atoms with Crippen molar-refractivity contribution in [1.82, 2.24) is 10.3 Å². The van der Waals surface area contributed by atoms with Gasteiger partial charge in [0.05, 0.1) is 17.7 Å². The summed E-state index contributed by atoms with van der Waals surface area (Å²) in [6.45, 7) is 5.86. The number of nitrogens with one attached hydrogen (secondary N) is 2. The second-order valence-corrected chi connectivity index (χ2v) is 5.25. The molecule has 0 atom stereocenters.